The van der Waals surface area contributed by atoms with Crippen LogP contribution in [0.1, 0.15) is 38.7 Å². The maximum absolute atomic E-state index is 14.0. The van der Waals surface area contributed by atoms with Crippen LogP contribution in [-0.2, 0) is 5.41 Å². The Kier molecular flexibility index (Phi) is 8.84. The molecule has 24 heavy (non-hydrogen) atoms. The molecule has 1 aromatic carbocycles. The number of hydrogen-bond acceptors (Lipinski definition) is 2. The van der Waals surface area contributed by atoms with E-state index < -0.39 is 0 Å². The lowest BCUT2D eigenvalue weighted by atomic mass is 9.84. The summed E-state index contributed by atoms with van der Waals surface area (Å²) in [6, 6.07) is 7.47. The topological polar surface area (TPSA) is 36.4 Å². The number of guanidine groups is 1. The maximum Gasteiger partial charge on any atom is 0.191 e. The van der Waals surface area contributed by atoms with Gasteiger partial charge in [-0.3, -0.25) is 4.99 Å². The Labute approximate surface area is 166 Å². The Morgan fingerprint density at radius 1 is 1.33 bits per heavy atom. The summed E-state index contributed by atoms with van der Waals surface area (Å²) >= 11 is 1.95. The van der Waals surface area contributed by atoms with E-state index in [1.807, 2.05) is 37.7 Å². The fourth-order valence-electron chi connectivity index (χ4n) is 3.08. The highest BCUT2D eigenvalue weighted by atomic mass is 127. The number of hydrogen-bond donors (Lipinski definition) is 2. The van der Waals surface area contributed by atoms with Crippen LogP contribution in [0.25, 0.3) is 0 Å². The van der Waals surface area contributed by atoms with Gasteiger partial charge in [0.1, 0.15) is 5.82 Å². The quantitative estimate of drug-likeness (QED) is 0.390. The van der Waals surface area contributed by atoms with E-state index in [2.05, 4.69) is 21.9 Å². The van der Waals surface area contributed by atoms with Gasteiger partial charge in [-0.25, -0.2) is 4.39 Å². The molecule has 2 unspecified atom stereocenters. The molecule has 1 aromatic rings. The first-order valence-corrected chi connectivity index (χ1v) is 9.50. The predicted octanol–water partition coefficient (Wildman–Crippen LogP) is 4.17. The van der Waals surface area contributed by atoms with Crippen molar-refractivity contribution in [1.29, 1.82) is 0 Å². The van der Waals surface area contributed by atoms with Crippen LogP contribution in [0.15, 0.2) is 29.3 Å². The molecule has 0 saturated heterocycles. The third-order valence-corrected chi connectivity index (χ3v) is 5.68. The highest BCUT2D eigenvalue weighted by Gasteiger charge is 2.26. The number of benzene rings is 1. The average molecular weight is 465 g/mol. The molecule has 0 heterocycles. The van der Waals surface area contributed by atoms with Gasteiger partial charge in [-0.05, 0) is 37.1 Å². The molecule has 2 atom stereocenters. The van der Waals surface area contributed by atoms with Gasteiger partial charge in [0.25, 0.3) is 0 Å². The summed E-state index contributed by atoms with van der Waals surface area (Å²) in [5, 5.41) is 7.61. The molecule has 136 valence electrons. The number of halogens is 2. The van der Waals surface area contributed by atoms with Crippen molar-refractivity contribution >= 4 is 41.7 Å². The lowest BCUT2D eigenvalue weighted by Gasteiger charge is -2.28. The molecule has 1 aliphatic rings. The monoisotopic (exact) mass is 465 g/mol. The smallest absolute Gasteiger partial charge is 0.191 e. The zero-order valence-electron chi connectivity index (χ0n) is 14.9. The van der Waals surface area contributed by atoms with E-state index in [1.165, 1.54) is 25.3 Å². The van der Waals surface area contributed by atoms with Crippen molar-refractivity contribution in [2.24, 2.45) is 4.99 Å². The highest BCUT2D eigenvalue weighted by molar-refractivity contribution is 14.0. The molecule has 2 rings (SSSR count). The summed E-state index contributed by atoms with van der Waals surface area (Å²) in [6.45, 7) is 4.72. The highest BCUT2D eigenvalue weighted by Crippen LogP contribution is 2.28. The van der Waals surface area contributed by atoms with Crippen LogP contribution in [0, 0.1) is 5.82 Å². The van der Waals surface area contributed by atoms with Gasteiger partial charge in [0.05, 0.1) is 0 Å². The van der Waals surface area contributed by atoms with E-state index >= 15 is 0 Å². The standard InChI is InChI=1S/C18H28FN3S.HI/c1-18(2,15-7-5-6-8-16(15)19)12-21-17(20-3)22-13-9-10-14(11-13)23-4;/h5-8,13-14H,9-12H2,1-4H3,(H2,20,21,22);1H. The normalized spacial score (nSPS) is 21.3. The van der Waals surface area contributed by atoms with Crippen LogP contribution >= 0.6 is 35.7 Å². The van der Waals surface area contributed by atoms with Crippen molar-refractivity contribution in [1.82, 2.24) is 10.6 Å². The Morgan fingerprint density at radius 3 is 2.62 bits per heavy atom. The van der Waals surface area contributed by atoms with Gasteiger partial charge in [0.2, 0.25) is 0 Å². The van der Waals surface area contributed by atoms with Crippen molar-refractivity contribution < 1.29 is 4.39 Å². The predicted molar refractivity (Wildman–Crippen MR) is 114 cm³/mol. The number of thioether (sulfide) groups is 1. The maximum atomic E-state index is 14.0. The summed E-state index contributed by atoms with van der Waals surface area (Å²) in [5.74, 6) is 0.655. The molecule has 1 fully saturated rings. The Bertz CT molecular complexity index is 551. The van der Waals surface area contributed by atoms with Crippen LogP contribution < -0.4 is 10.6 Å². The van der Waals surface area contributed by atoms with E-state index in [9.17, 15) is 4.39 Å². The van der Waals surface area contributed by atoms with Crippen molar-refractivity contribution in [2.45, 2.75) is 49.8 Å². The first-order chi connectivity index (χ1) is 11.0. The SMILES string of the molecule is CN=C(NCC(C)(C)c1ccccc1F)NC1CCC(SC)C1.I. The third-order valence-electron chi connectivity index (χ3n) is 4.58. The largest absolute Gasteiger partial charge is 0.356 e. The third kappa shape index (κ3) is 5.79. The number of nitrogens with zero attached hydrogens (tertiary/aromatic N) is 1. The fourth-order valence-corrected chi connectivity index (χ4v) is 3.88. The summed E-state index contributed by atoms with van der Waals surface area (Å²) in [7, 11) is 1.78. The molecule has 0 spiro atoms. The van der Waals surface area contributed by atoms with Crippen LogP contribution in [0.4, 0.5) is 4.39 Å². The van der Waals surface area contributed by atoms with E-state index in [4.69, 9.17) is 0 Å². The lowest BCUT2D eigenvalue weighted by molar-refractivity contribution is 0.470. The van der Waals surface area contributed by atoms with E-state index in [-0.39, 0.29) is 35.2 Å². The van der Waals surface area contributed by atoms with Gasteiger partial charge < -0.3 is 10.6 Å². The van der Waals surface area contributed by atoms with Gasteiger partial charge in [-0.2, -0.15) is 11.8 Å². The number of nitrogens with one attached hydrogen (secondary N) is 2. The minimum absolute atomic E-state index is 0. The minimum atomic E-state index is -0.305. The average Bonchev–Trinajstić information content (AvgIpc) is 2.99. The van der Waals surface area contributed by atoms with Crippen LogP contribution in [0.2, 0.25) is 0 Å². The zero-order chi connectivity index (χ0) is 16.9. The van der Waals surface area contributed by atoms with Crippen LogP contribution in [0.5, 0.6) is 0 Å². The van der Waals surface area contributed by atoms with Gasteiger partial charge >= 0.3 is 0 Å². The molecule has 0 aromatic heterocycles. The van der Waals surface area contributed by atoms with Crippen molar-refractivity contribution in [3.63, 3.8) is 0 Å². The fraction of sp³-hybridized carbons (Fsp3) is 0.611. The summed E-state index contributed by atoms with van der Waals surface area (Å²) < 4.78 is 14.0. The molecule has 0 radical (unpaired) electrons. The second-order valence-corrected chi connectivity index (χ2v) is 7.94. The number of rotatable bonds is 5. The number of aliphatic imine (C=N–C) groups is 1. The molecule has 1 saturated carbocycles. The van der Waals surface area contributed by atoms with Gasteiger partial charge in [-0.1, -0.05) is 32.0 Å². The molecule has 6 heteroatoms. The second kappa shape index (κ2) is 9.85. The van der Waals surface area contributed by atoms with E-state index in [0.29, 0.717) is 12.6 Å². The van der Waals surface area contributed by atoms with Crippen molar-refractivity contribution in [3.8, 4) is 0 Å². The summed E-state index contributed by atoms with van der Waals surface area (Å²) in [5.41, 5.74) is 0.423. The van der Waals surface area contributed by atoms with E-state index in [1.54, 1.807) is 13.1 Å². The molecular weight excluding hydrogens is 436 g/mol. The van der Waals surface area contributed by atoms with Crippen LogP contribution in [0.3, 0.4) is 0 Å². The molecule has 3 nitrogen and oxygen atoms in total. The van der Waals surface area contributed by atoms with Gasteiger partial charge in [-0.15, -0.1) is 24.0 Å². The Hall–Kier alpha value is -0.500. The van der Waals surface area contributed by atoms with Gasteiger partial charge in [0.15, 0.2) is 5.96 Å². The minimum Gasteiger partial charge on any atom is -0.356 e. The molecule has 0 amide bonds. The Morgan fingerprint density at radius 2 is 2.04 bits per heavy atom. The first-order valence-electron chi connectivity index (χ1n) is 8.21. The molecule has 2 N–H and O–H groups in total. The zero-order valence-corrected chi connectivity index (χ0v) is 18.1. The lowest BCUT2D eigenvalue weighted by Crippen LogP contribution is -2.46. The molecular formula is C18H29FIN3S. The first kappa shape index (κ1) is 21.5. The van der Waals surface area contributed by atoms with Crippen LogP contribution in [-0.4, -0.2) is 37.1 Å². The van der Waals surface area contributed by atoms with Crippen molar-refractivity contribution in [2.75, 3.05) is 19.8 Å². The van der Waals surface area contributed by atoms with Crippen molar-refractivity contribution in [3.05, 3.63) is 35.6 Å². The summed E-state index contributed by atoms with van der Waals surface area (Å²) in [4.78, 5) is 4.32. The van der Waals surface area contributed by atoms with Gasteiger partial charge in [0, 0.05) is 30.3 Å². The summed E-state index contributed by atoms with van der Waals surface area (Å²) in [6.07, 6.45) is 5.80. The molecule has 0 aliphatic heterocycles. The second-order valence-electron chi connectivity index (χ2n) is 6.80. The Balaban J connectivity index is 0.00000288. The van der Waals surface area contributed by atoms with E-state index in [0.717, 1.165) is 16.8 Å². The molecule has 0 bridgehead atoms. The molecule has 1 aliphatic carbocycles.